The summed E-state index contributed by atoms with van der Waals surface area (Å²) in [5.74, 6) is -0.233. The Bertz CT molecular complexity index is 1550. The fourth-order valence-corrected chi connectivity index (χ4v) is 5.15. The highest BCUT2D eigenvalue weighted by atomic mass is 19.1. The van der Waals surface area contributed by atoms with Gasteiger partial charge in [0.2, 0.25) is 0 Å². The van der Waals surface area contributed by atoms with Crippen molar-refractivity contribution in [3.8, 4) is 5.75 Å². The average molecular weight is 557 g/mol. The van der Waals surface area contributed by atoms with Crippen LogP contribution in [0.15, 0.2) is 64.4 Å². The summed E-state index contributed by atoms with van der Waals surface area (Å²) in [6.45, 7) is 6.06. The highest BCUT2D eigenvalue weighted by Gasteiger charge is 2.23. The fraction of sp³-hybridized carbons (Fsp3) is 0.312. The summed E-state index contributed by atoms with van der Waals surface area (Å²) in [7, 11) is 0. The number of anilines is 2. The average Bonchev–Trinajstić information content (AvgIpc) is 3.36. The molecule has 1 aliphatic carbocycles. The molecule has 0 saturated heterocycles. The maximum atomic E-state index is 14.7. The molecule has 3 aromatic rings. The van der Waals surface area contributed by atoms with Crippen LogP contribution in [0.4, 0.5) is 20.3 Å². The van der Waals surface area contributed by atoms with E-state index >= 15 is 0 Å². The number of allylic oxidation sites excluding steroid dienone is 3. The van der Waals surface area contributed by atoms with E-state index in [0.29, 0.717) is 29.5 Å². The van der Waals surface area contributed by atoms with Gasteiger partial charge in [0.25, 0.3) is 0 Å². The highest BCUT2D eigenvalue weighted by molar-refractivity contribution is 6.12. The van der Waals surface area contributed by atoms with E-state index in [2.05, 4.69) is 22.5 Å². The van der Waals surface area contributed by atoms with Crippen LogP contribution in [0.25, 0.3) is 0 Å². The molecule has 3 N–H and O–H groups in total. The van der Waals surface area contributed by atoms with E-state index in [4.69, 9.17) is 20.1 Å². The lowest BCUT2D eigenvalue weighted by molar-refractivity contribution is 0.335. The standard InChI is InChI=1S/C32H34F2N6O/c1-4-20-13-14-36-19(3)15-29(20)39-31-23-10-8-12-28(23)38-32(40-31)30(35)22-9-6-7-11-27(22)37-18-24-25(33)16-21(41-5-2)17-26(24)34/h6-7,9,11,14-17,35,37H,4-5,8,10,12-13,18H2,1-3H3,(H,38,39,40). The fourth-order valence-electron chi connectivity index (χ4n) is 5.15. The Balaban J connectivity index is 1.44. The minimum Gasteiger partial charge on any atom is -0.494 e. The zero-order chi connectivity index (χ0) is 28.9. The minimum atomic E-state index is -0.694. The first-order valence-electron chi connectivity index (χ1n) is 14.0. The molecule has 9 heteroatoms. The summed E-state index contributed by atoms with van der Waals surface area (Å²) < 4.78 is 34.6. The SMILES string of the molecule is CCOc1cc(F)c(CNc2ccccc2C(=N)c2nc3c(c(NC4=C(CC)CC=NC(C)=C4)n2)CCC3)c(F)c1. The van der Waals surface area contributed by atoms with Crippen molar-refractivity contribution in [1.29, 1.82) is 5.41 Å². The molecule has 212 valence electrons. The smallest absolute Gasteiger partial charge is 0.180 e. The van der Waals surface area contributed by atoms with Gasteiger partial charge in [0.05, 0.1) is 6.61 Å². The quantitative estimate of drug-likeness (QED) is 0.231. The summed E-state index contributed by atoms with van der Waals surface area (Å²) in [5, 5.41) is 15.7. The summed E-state index contributed by atoms with van der Waals surface area (Å²) >= 11 is 0. The third-order valence-corrected chi connectivity index (χ3v) is 7.28. The number of aliphatic imine (C=N–C) groups is 1. The van der Waals surface area contributed by atoms with E-state index in [1.54, 1.807) is 19.1 Å². The Kier molecular flexibility index (Phi) is 8.52. The molecule has 0 radical (unpaired) electrons. The Morgan fingerprint density at radius 3 is 2.61 bits per heavy atom. The number of nitrogens with one attached hydrogen (secondary N) is 3. The molecule has 0 bridgehead atoms. The largest absolute Gasteiger partial charge is 0.494 e. The number of para-hydroxylation sites is 1. The van der Waals surface area contributed by atoms with Gasteiger partial charge in [-0.25, -0.2) is 18.7 Å². The zero-order valence-electron chi connectivity index (χ0n) is 23.6. The van der Waals surface area contributed by atoms with Crippen LogP contribution >= 0.6 is 0 Å². The number of hydrogen-bond acceptors (Lipinski definition) is 7. The molecule has 1 aromatic heterocycles. The van der Waals surface area contributed by atoms with E-state index in [1.165, 1.54) is 17.7 Å². The number of aryl methyl sites for hydroxylation is 1. The third kappa shape index (κ3) is 6.19. The molecule has 0 atom stereocenters. The van der Waals surface area contributed by atoms with Crippen molar-refractivity contribution in [3.05, 3.63) is 99.3 Å². The van der Waals surface area contributed by atoms with Gasteiger partial charge in [0.1, 0.15) is 28.9 Å². The second kappa shape index (κ2) is 12.4. The van der Waals surface area contributed by atoms with Crippen molar-refractivity contribution in [1.82, 2.24) is 9.97 Å². The number of aromatic nitrogens is 2. The second-order valence-electron chi connectivity index (χ2n) is 10.0. The first kappa shape index (κ1) is 28.1. The van der Waals surface area contributed by atoms with Crippen LogP contribution in [-0.2, 0) is 19.4 Å². The lowest BCUT2D eigenvalue weighted by Gasteiger charge is -2.17. The number of benzene rings is 2. The molecular weight excluding hydrogens is 522 g/mol. The van der Waals surface area contributed by atoms with Gasteiger partial charge in [0, 0.05) is 70.8 Å². The van der Waals surface area contributed by atoms with Crippen molar-refractivity contribution in [2.45, 2.75) is 59.4 Å². The molecule has 0 saturated carbocycles. The van der Waals surface area contributed by atoms with Crippen molar-refractivity contribution in [2.24, 2.45) is 4.99 Å². The van der Waals surface area contributed by atoms with E-state index in [-0.39, 0.29) is 23.6 Å². The minimum absolute atomic E-state index is 0.103. The van der Waals surface area contributed by atoms with E-state index < -0.39 is 11.6 Å². The molecule has 0 unspecified atom stereocenters. The molecule has 41 heavy (non-hydrogen) atoms. The van der Waals surface area contributed by atoms with Gasteiger partial charge >= 0.3 is 0 Å². The molecule has 5 rings (SSSR count). The number of rotatable bonds is 10. The molecule has 0 amide bonds. The van der Waals surface area contributed by atoms with E-state index in [1.807, 2.05) is 31.3 Å². The second-order valence-corrected chi connectivity index (χ2v) is 10.0. The van der Waals surface area contributed by atoms with Crippen molar-refractivity contribution < 1.29 is 13.5 Å². The van der Waals surface area contributed by atoms with Crippen molar-refractivity contribution in [3.63, 3.8) is 0 Å². The Morgan fingerprint density at radius 2 is 1.85 bits per heavy atom. The first-order valence-corrected chi connectivity index (χ1v) is 14.0. The van der Waals surface area contributed by atoms with Gasteiger partial charge in [-0.3, -0.25) is 10.4 Å². The molecule has 2 aromatic carbocycles. The van der Waals surface area contributed by atoms with Gasteiger partial charge < -0.3 is 15.4 Å². The van der Waals surface area contributed by atoms with Crippen LogP contribution in [0, 0.1) is 17.0 Å². The predicted octanol–water partition coefficient (Wildman–Crippen LogP) is 7.12. The zero-order valence-corrected chi connectivity index (χ0v) is 23.6. The lowest BCUT2D eigenvalue weighted by atomic mass is 10.1. The monoisotopic (exact) mass is 556 g/mol. The number of ether oxygens (including phenoxy) is 1. The number of fused-ring (bicyclic) bond motifs is 1. The number of hydrogen-bond donors (Lipinski definition) is 3. The molecule has 0 spiro atoms. The van der Waals surface area contributed by atoms with Gasteiger partial charge in [0.15, 0.2) is 5.82 Å². The Morgan fingerprint density at radius 1 is 1.07 bits per heavy atom. The van der Waals surface area contributed by atoms with Gasteiger partial charge in [-0.1, -0.05) is 25.1 Å². The summed E-state index contributed by atoms with van der Waals surface area (Å²) in [4.78, 5) is 14.1. The van der Waals surface area contributed by atoms with E-state index in [9.17, 15) is 8.78 Å². The normalized spacial score (nSPS) is 14.4. The number of halogens is 2. The predicted molar refractivity (Wildman–Crippen MR) is 159 cm³/mol. The maximum absolute atomic E-state index is 14.7. The molecule has 1 aliphatic heterocycles. The Labute approximate surface area is 239 Å². The lowest BCUT2D eigenvalue weighted by Crippen LogP contribution is -2.15. The Hall–Kier alpha value is -4.40. The summed E-state index contributed by atoms with van der Waals surface area (Å²) in [6.07, 6.45) is 8.27. The van der Waals surface area contributed by atoms with Gasteiger partial charge in [-0.15, -0.1) is 0 Å². The number of nitrogens with zero attached hydrogens (tertiary/aromatic N) is 3. The van der Waals surface area contributed by atoms with Crippen molar-refractivity contribution in [2.75, 3.05) is 17.2 Å². The van der Waals surface area contributed by atoms with Crippen molar-refractivity contribution >= 4 is 23.4 Å². The van der Waals surface area contributed by atoms with Crippen LogP contribution in [0.3, 0.4) is 0 Å². The van der Waals surface area contributed by atoms with Crippen LogP contribution in [0.5, 0.6) is 5.75 Å². The summed E-state index contributed by atoms with van der Waals surface area (Å²) in [5.41, 5.74) is 6.25. The van der Waals surface area contributed by atoms with E-state index in [0.717, 1.165) is 54.8 Å². The molecular formula is C32H34F2N6O. The van der Waals surface area contributed by atoms with Gasteiger partial charge in [-0.2, -0.15) is 0 Å². The molecule has 2 heterocycles. The van der Waals surface area contributed by atoms with Crippen LogP contribution in [0.1, 0.15) is 68.2 Å². The maximum Gasteiger partial charge on any atom is 0.180 e. The molecule has 7 nitrogen and oxygen atoms in total. The molecule has 2 aliphatic rings. The van der Waals surface area contributed by atoms with Crippen LogP contribution in [-0.4, -0.2) is 28.5 Å². The first-order chi connectivity index (χ1) is 19.9. The third-order valence-electron chi connectivity index (χ3n) is 7.28. The summed E-state index contributed by atoms with van der Waals surface area (Å²) in [6, 6.07) is 9.55. The van der Waals surface area contributed by atoms with Gasteiger partial charge in [-0.05, 0) is 57.2 Å². The highest BCUT2D eigenvalue weighted by Crippen LogP contribution is 2.31. The van der Waals surface area contributed by atoms with Crippen LogP contribution in [0.2, 0.25) is 0 Å². The topological polar surface area (TPSA) is 95.3 Å². The van der Waals surface area contributed by atoms with Crippen LogP contribution < -0.4 is 15.4 Å². The molecule has 0 fully saturated rings.